The van der Waals surface area contributed by atoms with Crippen LogP contribution >= 0.6 is 0 Å². The topological polar surface area (TPSA) is 50.4 Å². The summed E-state index contributed by atoms with van der Waals surface area (Å²) >= 11 is 0. The van der Waals surface area contributed by atoms with Gasteiger partial charge >= 0.3 is 0 Å². The molecule has 2 rings (SSSR count). The smallest absolute Gasteiger partial charge is 0.238 e. The lowest BCUT2D eigenvalue weighted by atomic mass is 10.2. The highest BCUT2D eigenvalue weighted by Crippen LogP contribution is 2.20. The van der Waals surface area contributed by atoms with E-state index in [9.17, 15) is 4.79 Å². The molecule has 1 aliphatic carbocycles. The molecule has 0 saturated heterocycles. The van der Waals surface area contributed by atoms with E-state index in [-0.39, 0.29) is 5.91 Å². The highest BCUT2D eigenvalue weighted by molar-refractivity contribution is 5.92. The molecule has 0 heterocycles. The zero-order valence-electron chi connectivity index (χ0n) is 12.2. The largest absolute Gasteiger partial charge is 0.377 e. The Morgan fingerprint density at radius 3 is 2.80 bits per heavy atom. The second-order valence-electron chi connectivity index (χ2n) is 5.32. The molecule has 1 aromatic rings. The van der Waals surface area contributed by atoms with Crippen LogP contribution in [-0.2, 0) is 9.53 Å². The number of amides is 1. The van der Waals surface area contributed by atoms with E-state index in [0.29, 0.717) is 19.3 Å². The van der Waals surface area contributed by atoms with Crippen molar-refractivity contribution in [1.29, 1.82) is 0 Å². The SMILES string of the molecule is Cc1ccccc1NC(=O)CNCCOC1CCCC1. The number of benzene rings is 1. The molecule has 0 spiro atoms. The number of aryl methyl sites for hydroxylation is 1. The van der Waals surface area contributed by atoms with Gasteiger partial charge in [-0.1, -0.05) is 31.0 Å². The maximum Gasteiger partial charge on any atom is 0.238 e. The number of hydrogen-bond donors (Lipinski definition) is 2. The van der Waals surface area contributed by atoms with Gasteiger partial charge in [-0.25, -0.2) is 0 Å². The van der Waals surface area contributed by atoms with Gasteiger partial charge in [0, 0.05) is 12.2 Å². The van der Waals surface area contributed by atoms with E-state index in [2.05, 4.69) is 10.6 Å². The average Bonchev–Trinajstić information content (AvgIpc) is 2.94. The third-order valence-electron chi connectivity index (χ3n) is 3.64. The van der Waals surface area contributed by atoms with E-state index in [1.807, 2.05) is 31.2 Å². The van der Waals surface area contributed by atoms with Crippen LogP contribution in [0.5, 0.6) is 0 Å². The lowest BCUT2D eigenvalue weighted by molar-refractivity contribution is -0.115. The van der Waals surface area contributed by atoms with Crippen molar-refractivity contribution in [2.24, 2.45) is 0 Å². The van der Waals surface area contributed by atoms with E-state index in [0.717, 1.165) is 17.8 Å². The molecule has 20 heavy (non-hydrogen) atoms. The lowest BCUT2D eigenvalue weighted by Gasteiger charge is -2.12. The quantitative estimate of drug-likeness (QED) is 0.752. The summed E-state index contributed by atoms with van der Waals surface area (Å²) in [4.78, 5) is 11.8. The van der Waals surface area contributed by atoms with Crippen LogP contribution in [0.15, 0.2) is 24.3 Å². The number of carbonyl (C=O) groups is 1. The second-order valence-corrected chi connectivity index (χ2v) is 5.32. The standard InChI is InChI=1S/C16H24N2O2/c1-13-6-2-5-9-15(13)18-16(19)12-17-10-11-20-14-7-3-4-8-14/h2,5-6,9,14,17H,3-4,7-8,10-12H2,1H3,(H,18,19). The molecule has 4 nitrogen and oxygen atoms in total. The molecule has 1 aliphatic rings. The van der Waals surface area contributed by atoms with Gasteiger partial charge in [0.1, 0.15) is 0 Å². The minimum Gasteiger partial charge on any atom is -0.377 e. The Bertz CT molecular complexity index is 428. The summed E-state index contributed by atoms with van der Waals surface area (Å²) in [6.45, 7) is 3.71. The summed E-state index contributed by atoms with van der Waals surface area (Å²) in [5, 5.41) is 6.01. The molecular formula is C16H24N2O2. The zero-order valence-corrected chi connectivity index (χ0v) is 12.2. The fraction of sp³-hybridized carbons (Fsp3) is 0.562. The molecule has 4 heteroatoms. The minimum absolute atomic E-state index is 0.0137. The Morgan fingerprint density at radius 1 is 1.30 bits per heavy atom. The summed E-state index contributed by atoms with van der Waals surface area (Å²) in [7, 11) is 0. The van der Waals surface area contributed by atoms with Crippen molar-refractivity contribution in [2.75, 3.05) is 25.0 Å². The summed E-state index contributed by atoms with van der Waals surface area (Å²) in [6.07, 6.45) is 5.40. The first-order valence-corrected chi connectivity index (χ1v) is 7.43. The van der Waals surface area contributed by atoms with Gasteiger partial charge < -0.3 is 15.4 Å². The first-order valence-electron chi connectivity index (χ1n) is 7.43. The number of carbonyl (C=O) groups excluding carboxylic acids is 1. The van der Waals surface area contributed by atoms with Crippen molar-refractivity contribution in [3.63, 3.8) is 0 Å². The molecule has 0 aromatic heterocycles. The van der Waals surface area contributed by atoms with Crippen LogP contribution in [0, 0.1) is 6.92 Å². The van der Waals surface area contributed by atoms with Crippen LogP contribution in [0.25, 0.3) is 0 Å². The van der Waals surface area contributed by atoms with Gasteiger partial charge in [-0.3, -0.25) is 4.79 Å². The van der Waals surface area contributed by atoms with Crippen LogP contribution in [-0.4, -0.2) is 31.7 Å². The van der Waals surface area contributed by atoms with Crippen molar-refractivity contribution in [3.8, 4) is 0 Å². The van der Waals surface area contributed by atoms with Gasteiger partial charge in [0.2, 0.25) is 5.91 Å². The summed E-state index contributed by atoms with van der Waals surface area (Å²) in [5.41, 5.74) is 1.95. The number of anilines is 1. The molecule has 0 radical (unpaired) electrons. The average molecular weight is 276 g/mol. The van der Waals surface area contributed by atoms with Crippen LogP contribution < -0.4 is 10.6 Å². The Balaban J connectivity index is 1.57. The van der Waals surface area contributed by atoms with Gasteiger partial charge in [0.25, 0.3) is 0 Å². The van der Waals surface area contributed by atoms with Gasteiger partial charge in [0.15, 0.2) is 0 Å². The second kappa shape index (κ2) is 8.02. The van der Waals surface area contributed by atoms with Crippen LogP contribution in [0.4, 0.5) is 5.69 Å². The number of rotatable bonds is 7. The first-order chi connectivity index (χ1) is 9.75. The van der Waals surface area contributed by atoms with Gasteiger partial charge in [-0.15, -0.1) is 0 Å². The molecule has 0 atom stereocenters. The van der Waals surface area contributed by atoms with Gasteiger partial charge in [0.05, 0.1) is 19.3 Å². The number of hydrogen-bond acceptors (Lipinski definition) is 3. The molecule has 1 aromatic carbocycles. The number of nitrogens with one attached hydrogen (secondary N) is 2. The molecule has 1 amide bonds. The summed E-state index contributed by atoms with van der Waals surface area (Å²) < 4.78 is 5.73. The molecule has 110 valence electrons. The van der Waals surface area contributed by atoms with Crippen LogP contribution in [0.1, 0.15) is 31.2 Å². The van der Waals surface area contributed by atoms with Crippen molar-refractivity contribution >= 4 is 11.6 Å². The molecule has 0 aliphatic heterocycles. The Hall–Kier alpha value is -1.39. The highest BCUT2D eigenvalue weighted by atomic mass is 16.5. The number of ether oxygens (including phenoxy) is 1. The van der Waals surface area contributed by atoms with Crippen LogP contribution in [0.2, 0.25) is 0 Å². The van der Waals surface area contributed by atoms with E-state index < -0.39 is 0 Å². The van der Waals surface area contributed by atoms with E-state index in [1.54, 1.807) is 0 Å². The van der Waals surface area contributed by atoms with Gasteiger partial charge in [-0.05, 0) is 31.4 Å². The van der Waals surface area contributed by atoms with Crippen molar-refractivity contribution in [3.05, 3.63) is 29.8 Å². The third kappa shape index (κ3) is 4.94. The normalized spacial score (nSPS) is 15.4. The lowest BCUT2D eigenvalue weighted by Crippen LogP contribution is -2.31. The molecule has 0 unspecified atom stereocenters. The number of para-hydroxylation sites is 1. The first kappa shape index (κ1) is 15.0. The summed E-state index contributed by atoms with van der Waals surface area (Å²) in [6, 6.07) is 7.78. The van der Waals surface area contributed by atoms with Crippen molar-refractivity contribution in [1.82, 2.24) is 5.32 Å². The van der Waals surface area contributed by atoms with E-state index in [4.69, 9.17) is 4.74 Å². The Labute approximate surface area is 120 Å². The third-order valence-corrected chi connectivity index (χ3v) is 3.64. The molecule has 1 fully saturated rings. The van der Waals surface area contributed by atoms with Crippen molar-refractivity contribution < 1.29 is 9.53 Å². The van der Waals surface area contributed by atoms with E-state index >= 15 is 0 Å². The summed E-state index contributed by atoms with van der Waals surface area (Å²) in [5.74, 6) is -0.0137. The van der Waals surface area contributed by atoms with Gasteiger partial charge in [-0.2, -0.15) is 0 Å². The van der Waals surface area contributed by atoms with Crippen LogP contribution in [0.3, 0.4) is 0 Å². The minimum atomic E-state index is -0.0137. The Kier molecular flexibility index (Phi) is 6.02. The Morgan fingerprint density at radius 2 is 2.05 bits per heavy atom. The molecular weight excluding hydrogens is 252 g/mol. The predicted molar refractivity (Wildman–Crippen MR) is 80.9 cm³/mol. The molecule has 1 saturated carbocycles. The molecule has 2 N–H and O–H groups in total. The predicted octanol–water partition coefficient (Wildman–Crippen LogP) is 2.48. The van der Waals surface area contributed by atoms with Crippen molar-refractivity contribution in [2.45, 2.75) is 38.7 Å². The van der Waals surface area contributed by atoms with E-state index in [1.165, 1.54) is 25.7 Å². The fourth-order valence-corrected chi connectivity index (χ4v) is 2.46. The molecule has 0 bridgehead atoms. The zero-order chi connectivity index (χ0) is 14.2. The maximum absolute atomic E-state index is 11.8. The highest BCUT2D eigenvalue weighted by Gasteiger charge is 2.14. The fourth-order valence-electron chi connectivity index (χ4n) is 2.46. The monoisotopic (exact) mass is 276 g/mol. The maximum atomic E-state index is 11.8.